The first-order chi connectivity index (χ1) is 15.4. The molecule has 0 radical (unpaired) electrons. The van der Waals surface area contributed by atoms with Crippen LogP contribution in [0.2, 0.25) is 0 Å². The number of hydrogen-bond donors (Lipinski definition) is 1. The fraction of sp³-hybridized carbons (Fsp3) is 0.292. The highest BCUT2D eigenvalue weighted by molar-refractivity contribution is 7.13. The Labute approximate surface area is 191 Å². The average molecular weight is 451 g/mol. The van der Waals surface area contributed by atoms with Gasteiger partial charge in [-0.15, -0.1) is 11.3 Å². The molecule has 2 heterocycles. The molecule has 166 valence electrons. The lowest BCUT2D eigenvalue weighted by Crippen LogP contribution is -2.29. The van der Waals surface area contributed by atoms with Crippen LogP contribution in [0.25, 0.3) is 0 Å². The number of hydrogen-bond acceptors (Lipinski definition) is 7. The van der Waals surface area contributed by atoms with Gasteiger partial charge in [-0.3, -0.25) is 4.79 Å². The molecule has 1 atom stereocenters. The van der Waals surface area contributed by atoms with Gasteiger partial charge >= 0.3 is 0 Å². The molecule has 0 unspecified atom stereocenters. The van der Waals surface area contributed by atoms with Crippen molar-refractivity contribution >= 4 is 33.8 Å². The number of hydrazone groups is 1. The van der Waals surface area contributed by atoms with Crippen molar-refractivity contribution in [3.05, 3.63) is 64.2 Å². The van der Waals surface area contributed by atoms with Gasteiger partial charge in [0.2, 0.25) is 11.0 Å². The van der Waals surface area contributed by atoms with Gasteiger partial charge in [0.25, 0.3) is 0 Å². The van der Waals surface area contributed by atoms with Crippen LogP contribution in [0.3, 0.4) is 0 Å². The Kier molecular flexibility index (Phi) is 6.14. The zero-order valence-corrected chi connectivity index (χ0v) is 19.6. The second-order valence-electron chi connectivity index (χ2n) is 7.74. The zero-order valence-electron chi connectivity index (χ0n) is 18.8. The summed E-state index contributed by atoms with van der Waals surface area (Å²) in [6.07, 6.45) is 2.56. The predicted octanol–water partition coefficient (Wildman–Crippen LogP) is 4.63. The first kappa shape index (κ1) is 21.8. The summed E-state index contributed by atoms with van der Waals surface area (Å²) < 4.78 is 11.1. The first-order valence-corrected chi connectivity index (χ1v) is 11.2. The summed E-state index contributed by atoms with van der Waals surface area (Å²) in [4.78, 5) is 16.0. The summed E-state index contributed by atoms with van der Waals surface area (Å²) in [6.45, 7) is 5.62. The van der Waals surface area contributed by atoms with Crippen molar-refractivity contribution in [1.82, 2.24) is 4.98 Å². The Hall–Kier alpha value is -3.39. The van der Waals surface area contributed by atoms with E-state index in [9.17, 15) is 4.79 Å². The van der Waals surface area contributed by atoms with Crippen LogP contribution in [0, 0.1) is 6.92 Å². The van der Waals surface area contributed by atoms with Gasteiger partial charge in [0.05, 0.1) is 26.0 Å². The molecule has 7 nitrogen and oxygen atoms in total. The van der Waals surface area contributed by atoms with Gasteiger partial charge in [0, 0.05) is 35.3 Å². The van der Waals surface area contributed by atoms with E-state index >= 15 is 0 Å². The van der Waals surface area contributed by atoms with Crippen molar-refractivity contribution < 1.29 is 14.3 Å². The SMILES string of the molecule is COc1cc2c(cc1OC)C(c1ccc(NC(C)=O)c(C)c1)=NN(c1nccs1)[C@H](C)C2. The van der Waals surface area contributed by atoms with Crippen LogP contribution in [0.4, 0.5) is 10.8 Å². The second-order valence-corrected chi connectivity index (χ2v) is 8.61. The minimum Gasteiger partial charge on any atom is -0.493 e. The molecule has 1 N–H and O–H groups in total. The number of nitrogens with one attached hydrogen (secondary N) is 1. The highest BCUT2D eigenvalue weighted by Gasteiger charge is 2.27. The summed E-state index contributed by atoms with van der Waals surface area (Å²) in [5.41, 5.74) is 5.61. The lowest BCUT2D eigenvalue weighted by molar-refractivity contribution is -0.114. The number of amides is 1. The molecule has 8 heteroatoms. The van der Waals surface area contributed by atoms with Crippen LogP contribution in [0.5, 0.6) is 11.5 Å². The topological polar surface area (TPSA) is 76.1 Å². The molecule has 0 spiro atoms. The van der Waals surface area contributed by atoms with Crippen LogP contribution in [0.15, 0.2) is 47.0 Å². The Morgan fingerprint density at radius 2 is 1.94 bits per heavy atom. The Morgan fingerprint density at radius 3 is 2.56 bits per heavy atom. The molecular weight excluding hydrogens is 424 g/mol. The number of rotatable bonds is 5. The summed E-state index contributed by atoms with van der Waals surface area (Å²) in [7, 11) is 3.28. The van der Waals surface area contributed by atoms with Gasteiger partial charge in [-0.2, -0.15) is 5.10 Å². The molecule has 1 amide bonds. The zero-order chi connectivity index (χ0) is 22.8. The largest absolute Gasteiger partial charge is 0.493 e. The quantitative estimate of drug-likeness (QED) is 0.613. The standard InChI is InChI=1S/C24H26N4O3S/c1-14-10-17(6-7-20(14)26-16(3)29)23-19-13-22(31-5)21(30-4)12-18(19)11-15(2)28(27-23)24-25-8-9-32-24/h6-10,12-13,15H,11H2,1-5H3,(H,26,29)/t15-/m1/s1. The normalized spacial score (nSPS) is 15.5. The van der Waals surface area contributed by atoms with E-state index in [0.29, 0.717) is 11.5 Å². The molecule has 0 fully saturated rings. The molecular formula is C24H26N4O3S. The van der Waals surface area contributed by atoms with Crippen molar-refractivity contribution in [2.45, 2.75) is 33.2 Å². The molecule has 1 aliphatic heterocycles. The average Bonchev–Trinajstić information content (AvgIpc) is 3.25. The van der Waals surface area contributed by atoms with Gasteiger partial charge in [-0.1, -0.05) is 6.07 Å². The fourth-order valence-corrected chi connectivity index (χ4v) is 4.58. The van der Waals surface area contributed by atoms with Gasteiger partial charge in [-0.25, -0.2) is 9.99 Å². The third-order valence-corrected chi connectivity index (χ3v) is 6.19. The van der Waals surface area contributed by atoms with E-state index in [4.69, 9.17) is 14.6 Å². The Bertz CT molecular complexity index is 1170. The number of ether oxygens (including phenoxy) is 2. The van der Waals surface area contributed by atoms with Crippen LogP contribution < -0.4 is 19.8 Å². The third-order valence-electron chi connectivity index (χ3n) is 5.43. The number of thiazole rings is 1. The lowest BCUT2D eigenvalue weighted by Gasteiger charge is -2.22. The summed E-state index contributed by atoms with van der Waals surface area (Å²) in [5.74, 6) is 1.25. The highest BCUT2D eigenvalue weighted by atomic mass is 32.1. The highest BCUT2D eigenvalue weighted by Crippen LogP contribution is 2.36. The number of aromatic nitrogens is 1. The lowest BCUT2D eigenvalue weighted by atomic mass is 9.93. The van der Waals surface area contributed by atoms with Crippen molar-refractivity contribution in [3.63, 3.8) is 0 Å². The first-order valence-electron chi connectivity index (χ1n) is 10.3. The Morgan fingerprint density at radius 1 is 1.19 bits per heavy atom. The van der Waals surface area contributed by atoms with E-state index in [1.807, 2.05) is 47.6 Å². The summed E-state index contributed by atoms with van der Waals surface area (Å²) in [6, 6.07) is 10.0. The number of nitrogens with zero attached hydrogens (tertiary/aromatic N) is 3. The molecule has 0 saturated heterocycles. The van der Waals surface area contributed by atoms with E-state index in [2.05, 4.69) is 17.2 Å². The van der Waals surface area contributed by atoms with E-state index < -0.39 is 0 Å². The molecule has 1 aliphatic rings. The number of aryl methyl sites for hydroxylation is 1. The molecule has 0 saturated carbocycles. The number of carbonyl (C=O) groups is 1. The number of benzene rings is 2. The minimum absolute atomic E-state index is 0.0928. The molecule has 2 aromatic carbocycles. The van der Waals surface area contributed by atoms with Crippen molar-refractivity contribution in [2.75, 3.05) is 24.5 Å². The Balaban J connectivity index is 1.91. The third kappa shape index (κ3) is 4.18. The van der Waals surface area contributed by atoms with Gasteiger partial charge < -0.3 is 14.8 Å². The van der Waals surface area contributed by atoms with E-state index in [-0.39, 0.29) is 11.9 Å². The maximum Gasteiger partial charge on any atom is 0.221 e. The molecule has 0 bridgehead atoms. The van der Waals surface area contributed by atoms with Crippen LogP contribution in [-0.4, -0.2) is 36.9 Å². The van der Waals surface area contributed by atoms with E-state index in [1.165, 1.54) is 6.92 Å². The van der Waals surface area contributed by atoms with Crippen LogP contribution >= 0.6 is 11.3 Å². The maximum atomic E-state index is 11.5. The number of methoxy groups -OCH3 is 2. The number of anilines is 2. The molecule has 32 heavy (non-hydrogen) atoms. The van der Waals surface area contributed by atoms with E-state index in [1.54, 1.807) is 31.8 Å². The van der Waals surface area contributed by atoms with Crippen molar-refractivity contribution in [1.29, 1.82) is 0 Å². The summed E-state index contributed by atoms with van der Waals surface area (Å²) >= 11 is 1.56. The predicted molar refractivity (Wildman–Crippen MR) is 128 cm³/mol. The number of carbonyl (C=O) groups excluding carboxylic acids is 1. The minimum atomic E-state index is -0.0985. The fourth-order valence-electron chi connectivity index (χ4n) is 3.89. The van der Waals surface area contributed by atoms with Crippen molar-refractivity contribution in [3.8, 4) is 11.5 Å². The van der Waals surface area contributed by atoms with Gasteiger partial charge in [-0.05, 0) is 55.7 Å². The maximum absolute atomic E-state index is 11.5. The second kappa shape index (κ2) is 9.00. The van der Waals surface area contributed by atoms with Crippen molar-refractivity contribution in [2.24, 2.45) is 5.10 Å². The molecule has 4 rings (SSSR count). The summed E-state index contributed by atoms with van der Waals surface area (Å²) in [5, 5.41) is 12.7. The van der Waals surface area contributed by atoms with Gasteiger partial charge in [0.1, 0.15) is 0 Å². The molecule has 0 aliphatic carbocycles. The van der Waals surface area contributed by atoms with Crippen LogP contribution in [0.1, 0.15) is 36.1 Å². The number of fused-ring (bicyclic) bond motifs is 1. The molecule has 1 aromatic heterocycles. The van der Waals surface area contributed by atoms with Crippen LogP contribution in [-0.2, 0) is 11.2 Å². The van der Waals surface area contributed by atoms with Gasteiger partial charge in [0.15, 0.2) is 11.5 Å². The van der Waals surface area contributed by atoms with E-state index in [0.717, 1.165) is 45.2 Å². The monoisotopic (exact) mass is 450 g/mol. The molecule has 3 aromatic rings. The smallest absolute Gasteiger partial charge is 0.221 e.